The number of nitrogens with one attached hydrogen (secondary N) is 1. The number of pyridine rings is 1. The highest BCUT2D eigenvalue weighted by molar-refractivity contribution is 6.35. The van der Waals surface area contributed by atoms with Gasteiger partial charge >= 0.3 is 6.18 Å². The smallest absolute Gasteiger partial charge is 0.321 e. The number of fused-ring (bicyclic) bond motifs is 1. The van der Waals surface area contributed by atoms with E-state index in [1.165, 1.54) is 12.1 Å². The van der Waals surface area contributed by atoms with Gasteiger partial charge in [-0.2, -0.15) is 13.2 Å². The van der Waals surface area contributed by atoms with Gasteiger partial charge in [-0.25, -0.2) is 0 Å². The summed E-state index contributed by atoms with van der Waals surface area (Å²) in [5.41, 5.74) is -2.12. The van der Waals surface area contributed by atoms with E-state index in [1.54, 1.807) is 6.07 Å². The molecule has 0 aliphatic carbocycles. The van der Waals surface area contributed by atoms with E-state index in [0.29, 0.717) is 0 Å². The van der Waals surface area contributed by atoms with E-state index in [1.807, 2.05) is 0 Å². The predicted molar refractivity (Wildman–Crippen MR) is 54.6 cm³/mol. The van der Waals surface area contributed by atoms with Crippen LogP contribution in [0.5, 0.6) is 0 Å². The van der Waals surface area contributed by atoms with Gasteiger partial charge in [-0.15, -0.1) is 0 Å². The molecular weight excluding hydrogens is 243 g/mol. The van der Waals surface area contributed by atoms with Crippen LogP contribution in [0.25, 0.3) is 10.9 Å². The highest BCUT2D eigenvalue weighted by Gasteiger charge is 2.34. The minimum absolute atomic E-state index is 0.166. The first-order valence-corrected chi connectivity index (χ1v) is 4.66. The van der Waals surface area contributed by atoms with E-state index >= 15 is 0 Å². The average Bonchev–Trinajstić information content (AvgIpc) is 2.15. The number of hydrogen-bond acceptors (Lipinski definition) is 1. The third-order valence-electron chi connectivity index (χ3n) is 2.14. The molecule has 16 heavy (non-hydrogen) atoms. The largest absolute Gasteiger partial charge is 0.421 e. The van der Waals surface area contributed by atoms with Crippen molar-refractivity contribution in [3.05, 3.63) is 45.2 Å². The van der Waals surface area contributed by atoms with Gasteiger partial charge in [0.05, 0.1) is 0 Å². The number of aromatic amines is 1. The lowest BCUT2D eigenvalue weighted by atomic mass is 10.1. The molecule has 2 rings (SSSR count). The fraction of sp³-hybridized carbons (Fsp3) is 0.100. The van der Waals surface area contributed by atoms with E-state index in [-0.39, 0.29) is 15.9 Å². The Kier molecular flexibility index (Phi) is 2.42. The lowest BCUT2D eigenvalue weighted by molar-refractivity contribution is -0.138. The molecule has 0 saturated heterocycles. The van der Waals surface area contributed by atoms with Gasteiger partial charge in [0.25, 0.3) is 5.56 Å². The third kappa shape index (κ3) is 1.78. The third-order valence-corrected chi connectivity index (χ3v) is 2.47. The van der Waals surface area contributed by atoms with Crippen LogP contribution in [0.3, 0.4) is 0 Å². The number of alkyl halides is 3. The van der Waals surface area contributed by atoms with Crippen LogP contribution < -0.4 is 5.56 Å². The highest BCUT2D eigenvalue weighted by Crippen LogP contribution is 2.30. The van der Waals surface area contributed by atoms with E-state index in [4.69, 9.17) is 11.6 Å². The maximum Gasteiger partial charge on any atom is 0.421 e. The first kappa shape index (κ1) is 11.0. The summed E-state index contributed by atoms with van der Waals surface area (Å²) in [7, 11) is 0. The van der Waals surface area contributed by atoms with Crippen LogP contribution in [0, 0.1) is 0 Å². The zero-order valence-electron chi connectivity index (χ0n) is 7.73. The Hall–Kier alpha value is -1.49. The van der Waals surface area contributed by atoms with Crippen LogP contribution in [0.1, 0.15) is 5.56 Å². The summed E-state index contributed by atoms with van der Waals surface area (Å²) in [6, 6.07) is 5.26. The van der Waals surface area contributed by atoms with Crippen molar-refractivity contribution < 1.29 is 13.2 Å². The second-order valence-corrected chi connectivity index (χ2v) is 3.62. The standard InChI is InChI=1S/C10H5ClF3NO/c11-7-2-1-3-8-5(7)4-6(9(16)15-8)10(12,13)14/h1-4H,(H,15,16). The summed E-state index contributed by atoms with van der Waals surface area (Å²) in [5.74, 6) is 0. The molecule has 0 aliphatic heterocycles. The van der Waals surface area contributed by atoms with Gasteiger partial charge in [0.15, 0.2) is 0 Å². The Labute approximate surface area is 92.7 Å². The van der Waals surface area contributed by atoms with Crippen molar-refractivity contribution in [1.29, 1.82) is 0 Å². The van der Waals surface area contributed by atoms with Crippen molar-refractivity contribution in [1.82, 2.24) is 4.98 Å². The molecule has 0 fully saturated rings. The van der Waals surface area contributed by atoms with E-state index in [2.05, 4.69) is 4.98 Å². The molecule has 1 aromatic heterocycles. The molecule has 1 heterocycles. The van der Waals surface area contributed by atoms with E-state index < -0.39 is 17.3 Å². The molecule has 2 nitrogen and oxygen atoms in total. The Balaban J connectivity index is 2.85. The zero-order chi connectivity index (χ0) is 11.9. The Morgan fingerprint density at radius 2 is 1.94 bits per heavy atom. The summed E-state index contributed by atoms with van der Waals surface area (Å²) >= 11 is 5.74. The molecule has 1 N–H and O–H groups in total. The van der Waals surface area contributed by atoms with Crippen molar-refractivity contribution >= 4 is 22.5 Å². The maximum atomic E-state index is 12.4. The van der Waals surface area contributed by atoms with E-state index in [0.717, 1.165) is 6.07 Å². The molecule has 0 bridgehead atoms. The van der Waals surface area contributed by atoms with Crippen molar-refractivity contribution in [2.24, 2.45) is 0 Å². The molecule has 1 aromatic carbocycles. The minimum Gasteiger partial charge on any atom is -0.321 e. The number of hydrogen-bond donors (Lipinski definition) is 1. The first-order valence-electron chi connectivity index (χ1n) is 4.28. The molecule has 0 saturated carbocycles. The molecule has 0 amide bonds. The van der Waals surface area contributed by atoms with E-state index in [9.17, 15) is 18.0 Å². The van der Waals surface area contributed by atoms with Crippen LogP contribution in [0.2, 0.25) is 5.02 Å². The summed E-state index contributed by atoms with van der Waals surface area (Å²) < 4.78 is 37.3. The maximum absolute atomic E-state index is 12.4. The number of benzene rings is 1. The molecular formula is C10H5ClF3NO. The van der Waals surface area contributed by atoms with Gasteiger partial charge in [0.1, 0.15) is 5.56 Å². The SMILES string of the molecule is O=c1[nH]c2cccc(Cl)c2cc1C(F)(F)F. The van der Waals surface area contributed by atoms with Crippen molar-refractivity contribution in [3.8, 4) is 0 Å². The van der Waals surface area contributed by atoms with Gasteiger partial charge in [-0.1, -0.05) is 17.7 Å². The molecule has 0 spiro atoms. The number of halogens is 4. The minimum atomic E-state index is -4.68. The first-order chi connectivity index (χ1) is 7.39. The zero-order valence-corrected chi connectivity index (χ0v) is 8.49. The normalized spacial score (nSPS) is 12.0. The predicted octanol–water partition coefficient (Wildman–Crippen LogP) is 3.20. The lowest BCUT2D eigenvalue weighted by Crippen LogP contribution is -2.21. The Morgan fingerprint density at radius 3 is 2.56 bits per heavy atom. The Morgan fingerprint density at radius 1 is 1.25 bits per heavy atom. The second kappa shape index (κ2) is 3.52. The molecule has 6 heteroatoms. The average molecular weight is 248 g/mol. The van der Waals surface area contributed by atoms with Crippen LogP contribution >= 0.6 is 11.6 Å². The Bertz CT molecular complexity index is 603. The quantitative estimate of drug-likeness (QED) is 0.762. The van der Waals surface area contributed by atoms with Crippen LogP contribution in [-0.4, -0.2) is 4.98 Å². The van der Waals surface area contributed by atoms with Gasteiger partial charge < -0.3 is 4.98 Å². The van der Waals surface area contributed by atoms with Gasteiger partial charge in [0.2, 0.25) is 0 Å². The summed E-state index contributed by atoms with van der Waals surface area (Å²) in [5, 5.41) is 0.343. The topological polar surface area (TPSA) is 32.9 Å². The fourth-order valence-electron chi connectivity index (χ4n) is 1.40. The number of H-pyrrole nitrogens is 1. The van der Waals surface area contributed by atoms with Gasteiger partial charge in [0, 0.05) is 15.9 Å². The number of aromatic nitrogens is 1. The summed E-state index contributed by atoms with van der Waals surface area (Å²) in [4.78, 5) is 13.3. The second-order valence-electron chi connectivity index (χ2n) is 3.21. The molecule has 0 unspecified atom stereocenters. The van der Waals surface area contributed by atoms with Gasteiger partial charge in [-0.05, 0) is 18.2 Å². The molecule has 0 atom stereocenters. The van der Waals surface area contributed by atoms with Crippen LogP contribution in [0.15, 0.2) is 29.1 Å². The van der Waals surface area contributed by atoms with Crippen molar-refractivity contribution in [2.45, 2.75) is 6.18 Å². The van der Waals surface area contributed by atoms with Crippen molar-refractivity contribution in [3.63, 3.8) is 0 Å². The van der Waals surface area contributed by atoms with Crippen LogP contribution in [0.4, 0.5) is 13.2 Å². The molecule has 0 radical (unpaired) electrons. The fourth-order valence-corrected chi connectivity index (χ4v) is 1.63. The molecule has 84 valence electrons. The van der Waals surface area contributed by atoms with Crippen LogP contribution in [-0.2, 0) is 6.18 Å². The molecule has 0 aliphatic rings. The van der Waals surface area contributed by atoms with Crippen molar-refractivity contribution in [2.75, 3.05) is 0 Å². The summed E-state index contributed by atoms with van der Waals surface area (Å²) in [6.07, 6.45) is -4.68. The lowest BCUT2D eigenvalue weighted by Gasteiger charge is -2.07. The monoisotopic (exact) mass is 247 g/mol. The summed E-state index contributed by atoms with van der Waals surface area (Å²) in [6.45, 7) is 0. The van der Waals surface area contributed by atoms with Gasteiger partial charge in [-0.3, -0.25) is 4.79 Å². The highest BCUT2D eigenvalue weighted by atomic mass is 35.5. The number of rotatable bonds is 0. The molecule has 2 aromatic rings.